The number of carbonyl (C=O) groups excluding carboxylic acids is 2. The first-order valence-electron chi connectivity index (χ1n) is 11.5. The Hall–Kier alpha value is -3.35. The number of halogens is 1. The smallest absolute Gasteiger partial charge is 0.328 e. The number of ketones is 1. The Kier molecular flexibility index (Phi) is 6.67. The number of esters is 1. The predicted molar refractivity (Wildman–Crippen MR) is 126 cm³/mol. The number of nitrogens with one attached hydrogen (secondary N) is 2. The molecule has 0 amide bonds. The van der Waals surface area contributed by atoms with Crippen LogP contribution in [0.25, 0.3) is 0 Å². The molecule has 2 aromatic rings. The first-order chi connectivity index (χ1) is 15.9. The third-order valence-corrected chi connectivity index (χ3v) is 6.56. The van der Waals surface area contributed by atoms with E-state index in [-0.39, 0.29) is 17.6 Å². The largest absolute Gasteiger partial charge is 0.464 e. The van der Waals surface area contributed by atoms with Crippen molar-refractivity contribution < 1.29 is 18.7 Å². The molecule has 0 radical (unpaired) electrons. The highest BCUT2D eigenvalue weighted by Gasteiger charge is 2.49. The monoisotopic (exact) mass is 451 g/mol. The van der Waals surface area contributed by atoms with Crippen LogP contribution in [0.1, 0.15) is 44.6 Å². The maximum Gasteiger partial charge on any atom is 0.328 e. The Morgan fingerprint density at radius 2 is 1.88 bits per heavy atom. The minimum Gasteiger partial charge on any atom is -0.464 e. The lowest BCUT2D eigenvalue weighted by Gasteiger charge is -2.44. The van der Waals surface area contributed by atoms with Crippen LogP contribution in [0.3, 0.4) is 0 Å². The van der Waals surface area contributed by atoms with E-state index in [9.17, 15) is 14.0 Å². The summed E-state index contributed by atoms with van der Waals surface area (Å²) in [5.74, 6) is -0.544. The Bertz CT molecular complexity index is 1060. The van der Waals surface area contributed by atoms with E-state index in [0.29, 0.717) is 24.4 Å². The van der Waals surface area contributed by atoms with E-state index in [2.05, 4.69) is 10.6 Å². The molecule has 6 nitrogen and oxygen atoms in total. The molecule has 1 spiro atoms. The van der Waals surface area contributed by atoms with Gasteiger partial charge in [0.1, 0.15) is 11.9 Å². The van der Waals surface area contributed by atoms with Gasteiger partial charge in [-0.1, -0.05) is 31.4 Å². The van der Waals surface area contributed by atoms with Gasteiger partial charge in [0, 0.05) is 23.9 Å². The molecule has 2 aliphatic carbocycles. The van der Waals surface area contributed by atoms with Crippen molar-refractivity contribution in [1.82, 2.24) is 5.32 Å². The molecule has 0 aromatic heterocycles. The number of rotatable bonds is 8. The quantitative estimate of drug-likeness (QED) is 0.400. The number of nitrogens with two attached hydrogens (primary N) is 1. The SMILES string of the molecule is CCOC(=O)[C@H](Cc1ccc(Nc2ccc(F)cc2N)cc1)NC1=CC(=O)C12CCCCC2. The van der Waals surface area contributed by atoms with Gasteiger partial charge in [-0.2, -0.15) is 0 Å². The van der Waals surface area contributed by atoms with Crippen LogP contribution < -0.4 is 16.4 Å². The minimum atomic E-state index is -0.574. The maximum atomic E-state index is 13.3. The summed E-state index contributed by atoms with van der Waals surface area (Å²) in [5, 5.41) is 6.51. The van der Waals surface area contributed by atoms with Crippen molar-refractivity contribution in [2.75, 3.05) is 17.7 Å². The normalized spacial score (nSPS) is 17.6. The fourth-order valence-corrected chi connectivity index (χ4v) is 4.70. The average molecular weight is 452 g/mol. The zero-order valence-corrected chi connectivity index (χ0v) is 18.8. The topological polar surface area (TPSA) is 93.4 Å². The van der Waals surface area contributed by atoms with Crippen molar-refractivity contribution in [2.24, 2.45) is 5.41 Å². The number of ether oxygens (including phenoxy) is 1. The second kappa shape index (κ2) is 9.65. The molecular weight excluding hydrogens is 421 g/mol. The number of nitrogen functional groups attached to an aromatic ring is 1. The van der Waals surface area contributed by atoms with Crippen LogP contribution in [0.4, 0.5) is 21.5 Å². The second-order valence-electron chi connectivity index (χ2n) is 8.77. The lowest BCUT2D eigenvalue weighted by Crippen LogP contribution is -2.52. The molecule has 0 unspecified atom stereocenters. The molecular formula is C26H30FN3O3. The Morgan fingerprint density at radius 3 is 2.52 bits per heavy atom. The summed E-state index contributed by atoms with van der Waals surface area (Å²) in [6.07, 6.45) is 6.95. The Balaban J connectivity index is 1.46. The fourth-order valence-electron chi connectivity index (χ4n) is 4.70. The van der Waals surface area contributed by atoms with Crippen molar-refractivity contribution in [2.45, 2.75) is 51.5 Å². The van der Waals surface area contributed by atoms with E-state index in [1.54, 1.807) is 19.1 Å². The van der Waals surface area contributed by atoms with E-state index in [1.807, 2.05) is 24.3 Å². The summed E-state index contributed by atoms with van der Waals surface area (Å²) in [6.45, 7) is 2.08. The van der Waals surface area contributed by atoms with Crippen LogP contribution in [-0.4, -0.2) is 24.4 Å². The van der Waals surface area contributed by atoms with Crippen molar-refractivity contribution in [1.29, 1.82) is 0 Å². The highest BCUT2D eigenvalue weighted by molar-refractivity contribution is 6.05. The van der Waals surface area contributed by atoms with E-state index in [0.717, 1.165) is 49.1 Å². The van der Waals surface area contributed by atoms with Gasteiger partial charge < -0.3 is 21.1 Å². The van der Waals surface area contributed by atoms with E-state index in [1.165, 1.54) is 12.1 Å². The van der Waals surface area contributed by atoms with Gasteiger partial charge in [-0.3, -0.25) is 4.79 Å². The zero-order chi connectivity index (χ0) is 23.4. The molecule has 1 saturated carbocycles. The molecule has 174 valence electrons. The summed E-state index contributed by atoms with van der Waals surface area (Å²) < 4.78 is 18.6. The van der Waals surface area contributed by atoms with Crippen LogP contribution in [0.2, 0.25) is 0 Å². The zero-order valence-electron chi connectivity index (χ0n) is 18.8. The van der Waals surface area contributed by atoms with Gasteiger partial charge in [-0.15, -0.1) is 0 Å². The predicted octanol–water partition coefficient (Wildman–Crippen LogP) is 4.63. The van der Waals surface area contributed by atoms with Crippen LogP contribution in [0.15, 0.2) is 54.2 Å². The molecule has 0 saturated heterocycles. The van der Waals surface area contributed by atoms with Gasteiger partial charge in [-0.25, -0.2) is 9.18 Å². The van der Waals surface area contributed by atoms with Crippen LogP contribution in [0, 0.1) is 11.2 Å². The molecule has 1 fully saturated rings. The molecule has 33 heavy (non-hydrogen) atoms. The Labute approximate surface area is 193 Å². The van der Waals surface area contributed by atoms with Gasteiger partial charge >= 0.3 is 5.97 Å². The van der Waals surface area contributed by atoms with Gasteiger partial charge in [0.05, 0.1) is 23.4 Å². The summed E-state index contributed by atoms with van der Waals surface area (Å²) in [6, 6.07) is 11.2. The van der Waals surface area contributed by atoms with Crippen LogP contribution in [0.5, 0.6) is 0 Å². The lowest BCUT2D eigenvalue weighted by molar-refractivity contribution is -0.146. The van der Waals surface area contributed by atoms with Gasteiger partial charge in [0.2, 0.25) is 0 Å². The van der Waals surface area contributed by atoms with Gasteiger partial charge in [0.25, 0.3) is 0 Å². The molecule has 0 heterocycles. The fraction of sp³-hybridized carbons (Fsp3) is 0.385. The van der Waals surface area contributed by atoms with Crippen molar-refractivity contribution in [3.8, 4) is 0 Å². The summed E-state index contributed by atoms with van der Waals surface area (Å²) in [5.41, 5.74) is 8.99. The number of allylic oxidation sites excluding steroid dienone is 2. The highest BCUT2D eigenvalue weighted by Crippen LogP contribution is 2.48. The number of anilines is 3. The molecule has 4 rings (SSSR count). The molecule has 4 N–H and O–H groups in total. The second-order valence-corrected chi connectivity index (χ2v) is 8.77. The number of hydrogen-bond acceptors (Lipinski definition) is 6. The molecule has 1 atom stereocenters. The van der Waals surface area contributed by atoms with E-state index >= 15 is 0 Å². The highest BCUT2D eigenvalue weighted by atomic mass is 19.1. The van der Waals surface area contributed by atoms with Gasteiger partial charge in [-0.05, 0) is 55.7 Å². The Morgan fingerprint density at radius 1 is 1.15 bits per heavy atom. The van der Waals surface area contributed by atoms with Crippen molar-refractivity contribution >= 4 is 28.8 Å². The number of carbonyl (C=O) groups is 2. The van der Waals surface area contributed by atoms with E-state index < -0.39 is 11.5 Å². The summed E-state index contributed by atoms with van der Waals surface area (Å²) in [4.78, 5) is 25.1. The first-order valence-corrected chi connectivity index (χ1v) is 11.5. The summed E-state index contributed by atoms with van der Waals surface area (Å²) in [7, 11) is 0. The van der Waals surface area contributed by atoms with Crippen LogP contribution in [-0.2, 0) is 20.7 Å². The number of benzene rings is 2. The van der Waals surface area contributed by atoms with Gasteiger partial charge in [0.15, 0.2) is 5.78 Å². The molecule has 2 aromatic carbocycles. The van der Waals surface area contributed by atoms with Crippen LogP contribution >= 0.6 is 0 Å². The maximum absolute atomic E-state index is 13.3. The minimum absolute atomic E-state index is 0.169. The average Bonchev–Trinajstić information content (AvgIpc) is 2.82. The standard InChI is InChI=1S/C26H30FN3O3/c1-2-33-25(32)22(30-23-16-24(31)26(23)12-4-3-5-13-26)14-17-6-9-19(10-7-17)29-21-11-8-18(27)15-20(21)28/h6-11,15-16,22,29-30H,2-5,12-14,28H2,1H3/t22-/m0/s1. The molecule has 2 aliphatic rings. The first kappa shape index (κ1) is 22.8. The molecule has 0 bridgehead atoms. The van der Waals surface area contributed by atoms with E-state index in [4.69, 9.17) is 10.5 Å². The molecule has 7 heteroatoms. The van der Waals surface area contributed by atoms with Crippen molar-refractivity contribution in [3.63, 3.8) is 0 Å². The third kappa shape index (κ3) is 4.87. The lowest BCUT2D eigenvalue weighted by atomic mass is 9.62. The summed E-state index contributed by atoms with van der Waals surface area (Å²) >= 11 is 0. The number of hydrogen-bond donors (Lipinski definition) is 3. The van der Waals surface area contributed by atoms with Crippen molar-refractivity contribution in [3.05, 3.63) is 65.6 Å². The third-order valence-electron chi connectivity index (χ3n) is 6.56. The molecule has 0 aliphatic heterocycles.